The highest BCUT2D eigenvalue weighted by Gasteiger charge is 2.35. The van der Waals surface area contributed by atoms with Gasteiger partial charge in [-0.3, -0.25) is 4.79 Å². The minimum Gasteiger partial charge on any atom is -0.457 e. The molecule has 0 saturated heterocycles. The summed E-state index contributed by atoms with van der Waals surface area (Å²) in [6, 6.07) is 15.7. The summed E-state index contributed by atoms with van der Waals surface area (Å²) in [5.41, 5.74) is 2.49. The Labute approximate surface area is 190 Å². The lowest BCUT2D eigenvalue weighted by atomic mass is 9.95. The zero-order chi connectivity index (χ0) is 22.8. The highest BCUT2D eigenvalue weighted by molar-refractivity contribution is 6.30. The Morgan fingerprint density at radius 1 is 1.12 bits per heavy atom. The second-order valence-electron chi connectivity index (χ2n) is 7.60. The highest BCUT2D eigenvalue weighted by Crippen LogP contribution is 2.35. The predicted molar refractivity (Wildman–Crippen MR) is 122 cm³/mol. The van der Waals surface area contributed by atoms with Gasteiger partial charge in [-0.05, 0) is 50.6 Å². The molecule has 1 aromatic heterocycles. The summed E-state index contributed by atoms with van der Waals surface area (Å²) in [5.74, 6) is -0.650. The molecule has 8 nitrogen and oxygen atoms in total. The van der Waals surface area contributed by atoms with E-state index in [1.807, 2.05) is 30.3 Å². The van der Waals surface area contributed by atoms with Crippen molar-refractivity contribution in [3.05, 3.63) is 82.3 Å². The maximum atomic E-state index is 13.3. The zero-order valence-electron chi connectivity index (χ0n) is 17.8. The van der Waals surface area contributed by atoms with Gasteiger partial charge in [0.25, 0.3) is 11.7 Å². The molecule has 164 valence electrons. The van der Waals surface area contributed by atoms with Gasteiger partial charge in [0, 0.05) is 16.4 Å². The fourth-order valence-corrected chi connectivity index (χ4v) is 3.60. The van der Waals surface area contributed by atoms with Crippen LogP contribution in [0.25, 0.3) is 0 Å². The van der Waals surface area contributed by atoms with Crippen LogP contribution in [0.3, 0.4) is 0 Å². The Hall–Kier alpha value is -3.65. The van der Waals surface area contributed by atoms with Crippen LogP contribution in [0.5, 0.6) is 0 Å². The van der Waals surface area contributed by atoms with E-state index in [1.54, 1.807) is 45.0 Å². The molecule has 2 aromatic carbocycles. The number of nitrogens with zero attached hydrogens (tertiary/aromatic N) is 3. The maximum absolute atomic E-state index is 13.3. The molecular formula is C23H22ClN5O3. The molecule has 2 heterocycles. The number of benzene rings is 2. The molecule has 1 unspecified atom stereocenters. The first-order chi connectivity index (χ1) is 15.3. The number of hydrogen-bond donors (Lipinski definition) is 2. The topological polar surface area (TPSA) is 98.1 Å². The number of nitrogens with one attached hydrogen (secondary N) is 2. The number of allylic oxidation sites excluding steroid dienone is 1. The lowest BCUT2D eigenvalue weighted by Crippen LogP contribution is -2.31. The number of hydrogen-bond acceptors (Lipinski definition) is 6. The molecule has 4 rings (SSSR count). The Kier molecular flexibility index (Phi) is 5.96. The summed E-state index contributed by atoms with van der Waals surface area (Å²) in [7, 11) is 0. The van der Waals surface area contributed by atoms with Gasteiger partial charge in [0.1, 0.15) is 6.04 Å². The van der Waals surface area contributed by atoms with Crippen LogP contribution in [0.15, 0.2) is 65.9 Å². The molecule has 1 amide bonds. The third-order valence-corrected chi connectivity index (χ3v) is 5.09. The fourth-order valence-electron chi connectivity index (χ4n) is 3.47. The van der Waals surface area contributed by atoms with Gasteiger partial charge in [-0.15, -0.1) is 5.10 Å². The van der Waals surface area contributed by atoms with Gasteiger partial charge in [0.2, 0.25) is 5.95 Å². The molecule has 32 heavy (non-hydrogen) atoms. The Bertz CT molecular complexity index is 1190. The van der Waals surface area contributed by atoms with E-state index in [0.29, 0.717) is 27.9 Å². The number of carbonyl (C=O) groups excluding carboxylic acids is 2. The number of amides is 1. The van der Waals surface area contributed by atoms with Crippen LogP contribution < -0.4 is 10.6 Å². The number of halogens is 1. The fraction of sp³-hybridized carbons (Fsp3) is 0.217. The lowest BCUT2D eigenvalue weighted by Gasteiger charge is -2.28. The van der Waals surface area contributed by atoms with Gasteiger partial charge in [-0.2, -0.15) is 4.98 Å². The molecule has 0 saturated carbocycles. The average molecular weight is 452 g/mol. The van der Waals surface area contributed by atoms with E-state index in [4.69, 9.17) is 16.3 Å². The van der Waals surface area contributed by atoms with Crippen molar-refractivity contribution in [1.82, 2.24) is 14.8 Å². The second-order valence-corrected chi connectivity index (χ2v) is 8.03. The molecule has 0 aliphatic carbocycles. The standard InChI is InChI=1S/C23H22ClN5O3/c1-13(2)32-22(31)20-27-23-25-14(3)18(21(30)26-17-11-9-16(24)10-12-17)19(29(23)28-20)15-7-5-4-6-8-15/h4-13,19H,1-3H3,(H,26,30)(H,25,27,28). The molecule has 1 aliphatic heterocycles. The van der Waals surface area contributed by atoms with Crippen molar-refractivity contribution in [2.24, 2.45) is 0 Å². The number of anilines is 2. The first-order valence-corrected chi connectivity index (χ1v) is 10.5. The first-order valence-electron chi connectivity index (χ1n) is 10.1. The average Bonchev–Trinajstić information content (AvgIpc) is 3.18. The SMILES string of the molecule is CC1=C(C(=O)Nc2ccc(Cl)cc2)C(c2ccccc2)n2nc(C(=O)OC(C)C)nc2N1. The number of esters is 1. The lowest BCUT2D eigenvalue weighted by molar-refractivity contribution is -0.113. The van der Waals surface area contributed by atoms with Crippen LogP contribution in [-0.2, 0) is 9.53 Å². The summed E-state index contributed by atoms with van der Waals surface area (Å²) >= 11 is 5.95. The van der Waals surface area contributed by atoms with Crippen LogP contribution in [-0.4, -0.2) is 32.7 Å². The van der Waals surface area contributed by atoms with Gasteiger partial charge in [0.05, 0.1) is 11.7 Å². The largest absolute Gasteiger partial charge is 0.457 e. The quantitative estimate of drug-likeness (QED) is 0.557. The highest BCUT2D eigenvalue weighted by atomic mass is 35.5. The molecule has 1 atom stereocenters. The smallest absolute Gasteiger partial charge is 0.378 e. The minimum absolute atomic E-state index is 0.0747. The van der Waals surface area contributed by atoms with Crippen LogP contribution in [0.1, 0.15) is 43.0 Å². The van der Waals surface area contributed by atoms with Crippen molar-refractivity contribution in [3.8, 4) is 0 Å². The summed E-state index contributed by atoms with van der Waals surface area (Å²) < 4.78 is 6.77. The van der Waals surface area contributed by atoms with Crippen molar-refractivity contribution in [2.75, 3.05) is 10.6 Å². The number of ether oxygens (including phenoxy) is 1. The van der Waals surface area contributed by atoms with Crippen molar-refractivity contribution in [3.63, 3.8) is 0 Å². The van der Waals surface area contributed by atoms with Crippen molar-refractivity contribution in [1.29, 1.82) is 0 Å². The van der Waals surface area contributed by atoms with E-state index in [2.05, 4.69) is 20.7 Å². The van der Waals surface area contributed by atoms with Crippen LogP contribution >= 0.6 is 11.6 Å². The molecule has 0 bridgehead atoms. The third-order valence-electron chi connectivity index (χ3n) is 4.84. The number of fused-ring (bicyclic) bond motifs is 1. The monoisotopic (exact) mass is 451 g/mol. The summed E-state index contributed by atoms with van der Waals surface area (Å²) in [5, 5.41) is 11.0. The van der Waals surface area contributed by atoms with Crippen LogP contribution in [0.2, 0.25) is 5.02 Å². The molecule has 1 aliphatic rings. The van der Waals surface area contributed by atoms with Gasteiger partial charge < -0.3 is 15.4 Å². The zero-order valence-corrected chi connectivity index (χ0v) is 18.6. The Morgan fingerprint density at radius 3 is 2.47 bits per heavy atom. The normalized spacial score (nSPS) is 15.2. The summed E-state index contributed by atoms with van der Waals surface area (Å²) in [6.07, 6.45) is -0.304. The summed E-state index contributed by atoms with van der Waals surface area (Å²) in [6.45, 7) is 5.30. The van der Waals surface area contributed by atoms with Gasteiger partial charge >= 0.3 is 5.97 Å². The van der Waals surface area contributed by atoms with E-state index < -0.39 is 12.0 Å². The molecule has 9 heteroatoms. The Morgan fingerprint density at radius 2 is 1.81 bits per heavy atom. The molecule has 2 N–H and O–H groups in total. The van der Waals surface area contributed by atoms with Crippen LogP contribution in [0.4, 0.5) is 11.6 Å². The third kappa shape index (κ3) is 4.36. The van der Waals surface area contributed by atoms with E-state index in [1.165, 1.54) is 4.68 Å². The maximum Gasteiger partial charge on any atom is 0.378 e. The first kappa shape index (κ1) is 21.6. The molecule has 0 spiro atoms. The van der Waals surface area contributed by atoms with E-state index in [0.717, 1.165) is 5.56 Å². The van der Waals surface area contributed by atoms with Gasteiger partial charge in [-0.25, -0.2) is 9.48 Å². The van der Waals surface area contributed by atoms with Gasteiger partial charge in [-0.1, -0.05) is 41.9 Å². The van der Waals surface area contributed by atoms with Gasteiger partial charge in [0.15, 0.2) is 0 Å². The van der Waals surface area contributed by atoms with Crippen molar-refractivity contribution in [2.45, 2.75) is 32.9 Å². The van der Waals surface area contributed by atoms with E-state index >= 15 is 0 Å². The predicted octanol–water partition coefficient (Wildman–Crippen LogP) is 4.42. The second kappa shape index (κ2) is 8.84. The molecular weight excluding hydrogens is 430 g/mol. The van der Waals surface area contributed by atoms with E-state index in [9.17, 15) is 9.59 Å². The van der Waals surface area contributed by atoms with Crippen molar-refractivity contribution < 1.29 is 14.3 Å². The number of carbonyl (C=O) groups is 2. The molecule has 0 radical (unpaired) electrons. The summed E-state index contributed by atoms with van der Waals surface area (Å²) in [4.78, 5) is 30.0. The molecule has 3 aromatic rings. The number of aromatic nitrogens is 3. The minimum atomic E-state index is -0.625. The van der Waals surface area contributed by atoms with Crippen LogP contribution in [0, 0.1) is 0 Å². The number of rotatable bonds is 5. The molecule has 0 fully saturated rings. The van der Waals surface area contributed by atoms with E-state index in [-0.39, 0.29) is 17.8 Å². The Balaban J connectivity index is 1.74. The van der Waals surface area contributed by atoms with Crippen molar-refractivity contribution >= 4 is 35.1 Å².